The average Bonchev–Trinajstić information content (AvgIpc) is 3.03. The highest BCUT2D eigenvalue weighted by atomic mass is 16.2. The highest BCUT2D eigenvalue weighted by Gasteiger charge is 2.44. The molecule has 1 aromatic carbocycles. The summed E-state index contributed by atoms with van der Waals surface area (Å²) in [6.45, 7) is 0.677. The summed E-state index contributed by atoms with van der Waals surface area (Å²) >= 11 is 0. The molecule has 5 rings (SSSR count). The van der Waals surface area contributed by atoms with Crippen molar-refractivity contribution in [1.82, 2.24) is 15.2 Å². The zero-order valence-corrected chi connectivity index (χ0v) is 15.5. The SMILES string of the molecule is NC1CCCCC1NC(=O)c1ccc2cc3n(c2c1)C1(CCC1)CNC3=O. The zero-order valence-electron chi connectivity index (χ0n) is 15.5. The summed E-state index contributed by atoms with van der Waals surface area (Å²) < 4.78 is 2.19. The first-order chi connectivity index (χ1) is 13.1. The molecule has 2 fully saturated rings. The summed E-state index contributed by atoms with van der Waals surface area (Å²) in [5.41, 5.74) is 8.50. The molecule has 0 bridgehead atoms. The van der Waals surface area contributed by atoms with Crippen molar-refractivity contribution >= 4 is 22.7 Å². The van der Waals surface area contributed by atoms with Crippen LogP contribution in [-0.4, -0.2) is 35.0 Å². The normalized spacial score (nSPS) is 26.3. The van der Waals surface area contributed by atoms with Crippen LogP contribution in [0.25, 0.3) is 10.9 Å². The van der Waals surface area contributed by atoms with E-state index in [1.165, 1.54) is 6.42 Å². The van der Waals surface area contributed by atoms with Crippen molar-refractivity contribution in [3.8, 4) is 0 Å². The molecule has 2 atom stereocenters. The summed E-state index contributed by atoms with van der Waals surface area (Å²) in [5.74, 6) is -0.0966. The number of nitrogens with one attached hydrogen (secondary N) is 2. The van der Waals surface area contributed by atoms with Crippen molar-refractivity contribution in [3.05, 3.63) is 35.5 Å². The van der Waals surface area contributed by atoms with Gasteiger partial charge < -0.3 is 20.9 Å². The third-order valence-electron chi connectivity index (χ3n) is 6.77. The van der Waals surface area contributed by atoms with Crippen molar-refractivity contribution in [2.45, 2.75) is 62.6 Å². The second kappa shape index (κ2) is 6.09. The first kappa shape index (κ1) is 16.8. The van der Waals surface area contributed by atoms with Gasteiger partial charge >= 0.3 is 0 Å². The van der Waals surface area contributed by atoms with E-state index in [1.807, 2.05) is 24.3 Å². The van der Waals surface area contributed by atoms with E-state index in [-0.39, 0.29) is 29.4 Å². The van der Waals surface area contributed by atoms with Gasteiger partial charge in [0.25, 0.3) is 11.8 Å². The second-order valence-corrected chi connectivity index (χ2v) is 8.43. The molecular formula is C21H26N4O2. The number of hydrogen-bond donors (Lipinski definition) is 3. The summed E-state index contributed by atoms with van der Waals surface area (Å²) in [6, 6.07) is 7.78. The Kier molecular flexibility index (Phi) is 3.79. The van der Waals surface area contributed by atoms with Crippen LogP contribution in [0.15, 0.2) is 24.3 Å². The van der Waals surface area contributed by atoms with Crippen LogP contribution in [-0.2, 0) is 5.54 Å². The van der Waals surface area contributed by atoms with Crippen LogP contribution in [0.5, 0.6) is 0 Å². The monoisotopic (exact) mass is 366 g/mol. The van der Waals surface area contributed by atoms with Crippen molar-refractivity contribution in [3.63, 3.8) is 0 Å². The molecule has 0 radical (unpaired) electrons. The van der Waals surface area contributed by atoms with E-state index in [9.17, 15) is 9.59 Å². The van der Waals surface area contributed by atoms with Gasteiger partial charge in [-0.25, -0.2) is 0 Å². The van der Waals surface area contributed by atoms with E-state index in [4.69, 9.17) is 5.73 Å². The lowest BCUT2D eigenvalue weighted by Crippen LogP contribution is -2.55. The molecule has 6 nitrogen and oxygen atoms in total. The molecule has 2 unspecified atom stereocenters. The van der Waals surface area contributed by atoms with Crippen molar-refractivity contribution in [1.29, 1.82) is 0 Å². The van der Waals surface area contributed by atoms with Gasteiger partial charge in [-0.2, -0.15) is 0 Å². The molecule has 3 aliphatic rings. The second-order valence-electron chi connectivity index (χ2n) is 8.43. The Labute approximate surface area is 158 Å². The number of aromatic nitrogens is 1. The van der Waals surface area contributed by atoms with Gasteiger partial charge in [0.1, 0.15) is 5.69 Å². The van der Waals surface area contributed by atoms with Crippen molar-refractivity contribution in [2.75, 3.05) is 6.54 Å². The Morgan fingerprint density at radius 3 is 2.74 bits per heavy atom. The molecule has 4 N–H and O–H groups in total. The number of nitrogens with zero attached hydrogens (tertiary/aromatic N) is 1. The molecule has 27 heavy (non-hydrogen) atoms. The minimum Gasteiger partial charge on any atom is -0.348 e. The lowest BCUT2D eigenvalue weighted by atomic mass is 9.75. The maximum absolute atomic E-state index is 12.8. The number of hydrogen-bond acceptors (Lipinski definition) is 3. The number of carbonyl (C=O) groups excluding carboxylic acids is 2. The highest BCUT2D eigenvalue weighted by Crippen LogP contribution is 2.44. The smallest absolute Gasteiger partial charge is 0.268 e. The number of benzene rings is 1. The first-order valence-electron chi connectivity index (χ1n) is 10.1. The first-order valence-corrected chi connectivity index (χ1v) is 10.1. The summed E-state index contributed by atoms with van der Waals surface area (Å²) in [5, 5.41) is 7.18. The van der Waals surface area contributed by atoms with E-state index in [0.29, 0.717) is 17.8 Å². The molecular weight excluding hydrogens is 340 g/mol. The molecule has 2 amide bonds. The maximum Gasteiger partial charge on any atom is 0.268 e. The number of amides is 2. The predicted molar refractivity (Wildman–Crippen MR) is 104 cm³/mol. The molecule has 2 aliphatic carbocycles. The lowest BCUT2D eigenvalue weighted by molar-refractivity contribution is 0.0763. The van der Waals surface area contributed by atoms with Crippen LogP contribution in [0.2, 0.25) is 0 Å². The molecule has 2 saturated carbocycles. The van der Waals surface area contributed by atoms with Gasteiger partial charge in [-0.15, -0.1) is 0 Å². The number of fused-ring (bicyclic) bond motifs is 4. The largest absolute Gasteiger partial charge is 0.348 e. The molecule has 2 heterocycles. The van der Waals surface area contributed by atoms with E-state index >= 15 is 0 Å². The fourth-order valence-corrected chi connectivity index (χ4v) is 5.01. The standard InChI is InChI=1S/C21H26N4O2/c22-15-4-1-2-5-16(15)24-19(26)14-7-6-13-10-18-20(27)23-12-21(8-3-9-21)25(18)17(13)11-14/h6-7,10-11,15-16H,1-5,8-9,12,22H2,(H,23,27)(H,24,26). The molecule has 0 saturated heterocycles. The average molecular weight is 366 g/mol. The third-order valence-corrected chi connectivity index (χ3v) is 6.77. The Morgan fingerprint density at radius 1 is 1.19 bits per heavy atom. The van der Waals surface area contributed by atoms with Crippen molar-refractivity contribution < 1.29 is 9.59 Å². The Morgan fingerprint density at radius 2 is 2.00 bits per heavy atom. The molecule has 1 spiro atoms. The van der Waals surface area contributed by atoms with E-state index in [2.05, 4.69) is 15.2 Å². The highest BCUT2D eigenvalue weighted by molar-refractivity contribution is 6.03. The van der Waals surface area contributed by atoms with Crippen LogP contribution in [0.1, 0.15) is 65.8 Å². The number of nitrogens with two attached hydrogens (primary N) is 1. The number of rotatable bonds is 2. The topological polar surface area (TPSA) is 89.2 Å². The van der Waals surface area contributed by atoms with Crippen LogP contribution in [0.4, 0.5) is 0 Å². The number of carbonyl (C=O) groups is 2. The molecule has 6 heteroatoms. The van der Waals surface area contributed by atoms with Crippen LogP contribution >= 0.6 is 0 Å². The maximum atomic E-state index is 12.8. The molecule has 2 aromatic rings. The van der Waals surface area contributed by atoms with E-state index < -0.39 is 0 Å². The Bertz CT molecular complexity index is 928. The molecule has 1 aliphatic heterocycles. The lowest BCUT2D eigenvalue weighted by Gasteiger charge is -2.47. The minimum absolute atomic E-state index is 0.0220. The van der Waals surface area contributed by atoms with Crippen LogP contribution < -0.4 is 16.4 Å². The van der Waals surface area contributed by atoms with Crippen LogP contribution in [0, 0.1) is 0 Å². The summed E-state index contributed by atoms with van der Waals surface area (Å²) in [7, 11) is 0. The van der Waals surface area contributed by atoms with Gasteiger partial charge in [-0.3, -0.25) is 9.59 Å². The van der Waals surface area contributed by atoms with Gasteiger partial charge in [0.15, 0.2) is 0 Å². The zero-order chi connectivity index (χ0) is 18.6. The van der Waals surface area contributed by atoms with E-state index in [1.54, 1.807) is 0 Å². The van der Waals surface area contributed by atoms with E-state index in [0.717, 1.165) is 49.4 Å². The van der Waals surface area contributed by atoms with Gasteiger partial charge in [0.05, 0.1) is 11.1 Å². The quantitative estimate of drug-likeness (QED) is 0.762. The van der Waals surface area contributed by atoms with Crippen molar-refractivity contribution in [2.24, 2.45) is 5.73 Å². The fraction of sp³-hybridized carbons (Fsp3) is 0.524. The Hall–Kier alpha value is -2.34. The molecule has 142 valence electrons. The molecule has 1 aromatic heterocycles. The summed E-state index contributed by atoms with van der Waals surface area (Å²) in [4.78, 5) is 25.2. The fourth-order valence-electron chi connectivity index (χ4n) is 5.01. The summed E-state index contributed by atoms with van der Waals surface area (Å²) in [6.07, 6.45) is 7.47. The predicted octanol–water partition coefficient (Wildman–Crippen LogP) is 2.26. The third kappa shape index (κ3) is 2.57. The minimum atomic E-state index is -0.0716. The van der Waals surface area contributed by atoms with Gasteiger partial charge in [0.2, 0.25) is 0 Å². The van der Waals surface area contributed by atoms with Gasteiger partial charge in [-0.1, -0.05) is 18.9 Å². The Balaban J connectivity index is 1.51. The van der Waals surface area contributed by atoms with Crippen LogP contribution in [0.3, 0.4) is 0 Å². The van der Waals surface area contributed by atoms with Gasteiger partial charge in [0, 0.05) is 29.6 Å². The van der Waals surface area contributed by atoms with Gasteiger partial charge in [-0.05, 0) is 50.3 Å².